The van der Waals surface area contributed by atoms with Crippen LogP contribution in [-0.2, 0) is 20.0 Å². The molecular formula is C24H27N3O3. The zero-order chi connectivity index (χ0) is 21.1. The van der Waals surface area contributed by atoms with E-state index in [-0.39, 0.29) is 11.9 Å². The van der Waals surface area contributed by atoms with Crippen molar-refractivity contribution in [3.05, 3.63) is 77.1 Å². The number of carbonyl (C=O) groups excluding carboxylic acids is 1. The summed E-state index contributed by atoms with van der Waals surface area (Å²) in [7, 11) is 5.07. The second kappa shape index (κ2) is 8.61. The number of aromatic nitrogens is 2. The first-order chi connectivity index (χ1) is 14.6. The fourth-order valence-corrected chi connectivity index (χ4v) is 4.27. The summed E-state index contributed by atoms with van der Waals surface area (Å²) < 4.78 is 12.6. The number of ether oxygens (including phenoxy) is 2. The predicted molar refractivity (Wildman–Crippen MR) is 115 cm³/mol. The normalized spacial score (nSPS) is 15.4. The van der Waals surface area contributed by atoms with Gasteiger partial charge in [0.15, 0.2) is 0 Å². The number of amides is 1. The number of benzene rings is 2. The van der Waals surface area contributed by atoms with Gasteiger partial charge < -0.3 is 14.4 Å². The van der Waals surface area contributed by atoms with Gasteiger partial charge in [0.05, 0.1) is 26.8 Å². The van der Waals surface area contributed by atoms with Crippen molar-refractivity contribution in [2.75, 3.05) is 14.2 Å². The minimum absolute atomic E-state index is 0.00385. The van der Waals surface area contributed by atoms with Gasteiger partial charge in [-0.2, -0.15) is 5.10 Å². The Bertz CT molecular complexity index is 1040. The van der Waals surface area contributed by atoms with E-state index in [1.165, 1.54) is 11.1 Å². The highest BCUT2D eigenvalue weighted by Gasteiger charge is 2.31. The monoisotopic (exact) mass is 405 g/mol. The van der Waals surface area contributed by atoms with Crippen LogP contribution in [0.15, 0.2) is 54.7 Å². The minimum Gasteiger partial charge on any atom is -0.497 e. The fourth-order valence-electron chi connectivity index (χ4n) is 4.27. The molecule has 1 aliphatic rings. The molecule has 0 radical (unpaired) electrons. The van der Waals surface area contributed by atoms with Crippen molar-refractivity contribution in [3.8, 4) is 11.5 Å². The van der Waals surface area contributed by atoms with E-state index in [0.29, 0.717) is 18.0 Å². The van der Waals surface area contributed by atoms with Gasteiger partial charge in [0.25, 0.3) is 5.91 Å². The zero-order valence-corrected chi connectivity index (χ0v) is 17.7. The van der Waals surface area contributed by atoms with E-state index in [4.69, 9.17) is 9.47 Å². The highest BCUT2D eigenvalue weighted by atomic mass is 16.5. The van der Waals surface area contributed by atoms with E-state index >= 15 is 0 Å². The number of aryl methyl sites for hydroxylation is 2. The quantitative estimate of drug-likeness (QED) is 0.618. The molecule has 30 heavy (non-hydrogen) atoms. The van der Waals surface area contributed by atoms with E-state index in [1.54, 1.807) is 38.2 Å². The second-order valence-electron chi connectivity index (χ2n) is 7.56. The molecule has 6 heteroatoms. The Kier molecular flexibility index (Phi) is 5.74. The molecule has 156 valence electrons. The van der Waals surface area contributed by atoms with Gasteiger partial charge in [-0.1, -0.05) is 24.3 Å². The van der Waals surface area contributed by atoms with Crippen LogP contribution < -0.4 is 9.47 Å². The van der Waals surface area contributed by atoms with Crippen LogP contribution in [-0.4, -0.2) is 34.8 Å². The Morgan fingerprint density at radius 1 is 1.17 bits per heavy atom. The molecule has 4 rings (SSSR count). The lowest BCUT2D eigenvalue weighted by Crippen LogP contribution is -2.37. The van der Waals surface area contributed by atoms with Crippen LogP contribution in [0.25, 0.3) is 0 Å². The molecule has 2 aromatic carbocycles. The number of methoxy groups -OCH3 is 2. The molecule has 1 amide bonds. The van der Waals surface area contributed by atoms with Crippen molar-refractivity contribution >= 4 is 5.91 Å². The first-order valence-corrected chi connectivity index (χ1v) is 10.2. The fraction of sp³-hybridized carbons (Fsp3) is 0.333. The van der Waals surface area contributed by atoms with E-state index < -0.39 is 0 Å². The van der Waals surface area contributed by atoms with Gasteiger partial charge in [0.1, 0.15) is 17.2 Å². The van der Waals surface area contributed by atoms with Gasteiger partial charge in [-0.15, -0.1) is 0 Å². The Morgan fingerprint density at radius 3 is 2.73 bits per heavy atom. The van der Waals surface area contributed by atoms with Gasteiger partial charge in [-0.25, -0.2) is 0 Å². The number of fused-ring (bicyclic) bond motifs is 1. The van der Waals surface area contributed by atoms with E-state index in [2.05, 4.69) is 29.4 Å². The summed E-state index contributed by atoms with van der Waals surface area (Å²) in [5.74, 6) is 1.40. The van der Waals surface area contributed by atoms with Crippen molar-refractivity contribution < 1.29 is 14.3 Å². The zero-order valence-electron chi connectivity index (χ0n) is 17.7. The van der Waals surface area contributed by atoms with Crippen LogP contribution in [0.1, 0.15) is 46.1 Å². The molecule has 0 fully saturated rings. The molecule has 1 heterocycles. The smallest absolute Gasteiger partial charge is 0.272 e. The summed E-state index contributed by atoms with van der Waals surface area (Å²) in [5, 5.41) is 4.20. The van der Waals surface area contributed by atoms with Crippen molar-refractivity contribution in [3.63, 3.8) is 0 Å². The predicted octanol–water partition coefficient (Wildman–Crippen LogP) is 4.16. The summed E-state index contributed by atoms with van der Waals surface area (Å²) in [6.07, 6.45) is 4.69. The lowest BCUT2D eigenvalue weighted by Gasteiger charge is -2.36. The number of rotatable bonds is 6. The Morgan fingerprint density at radius 2 is 2.00 bits per heavy atom. The molecule has 0 N–H and O–H groups in total. The van der Waals surface area contributed by atoms with Crippen LogP contribution >= 0.6 is 0 Å². The number of carbonyl (C=O) groups is 1. The highest BCUT2D eigenvalue weighted by molar-refractivity contribution is 5.93. The number of hydrogen-bond donors (Lipinski definition) is 0. The summed E-state index contributed by atoms with van der Waals surface area (Å²) in [4.78, 5) is 15.6. The van der Waals surface area contributed by atoms with E-state index in [0.717, 1.165) is 30.6 Å². The molecule has 1 aliphatic carbocycles. The molecule has 0 saturated carbocycles. The molecule has 3 aromatic rings. The molecule has 1 atom stereocenters. The summed E-state index contributed by atoms with van der Waals surface area (Å²) in [6.45, 7) is 0.441. The first kappa shape index (κ1) is 20.0. The number of hydrogen-bond acceptors (Lipinski definition) is 4. The maximum absolute atomic E-state index is 13.7. The van der Waals surface area contributed by atoms with Crippen molar-refractivity contribution in [1.29, 1.82) is 0 Å². The van der Waals surface area contributed by atoms with E-state index in [9.17, 15) is 4.79 Å². The number of nitrogens with zero attached hydrogens (tertiary/aromatic N) is 3. The van der Waals surface area contributed by atoms with Gasteiger partial charge >= 0.3 is 0 Å². The summed E-state index contributed by atoms with van der Waals surface area (Å²) >= 11 is 0. The largest absolute Gasteiger partial charge is 0.497 e. The molecule has 1 unspecified atom stereocenters. The SMILES string of the molecule is COc1ccc(CN(C(=O)c2ccnn2C)C2CCCc3ccccc32)c(OC)c1. The topological polar surface area (TPSA) is 56.6 Å². The third-order valence-electron chi connectivity index (χ3n) is 5.85. The lowest BCUT2D eigenvalue weighted by atomic mass is 9.86. The van der Waals surface area contributed by atoms with Crippen molar-refractivity contribution in [2.24, 2.45) is 7.05 Å². The van der Waals surface area contributed by atoms with Crippen LogP contribution in [0.3, 0.4) is 0 Å². The van der Waals surface area contributed by atoms with Gasteiger partial charge in [-0.05, 0) is 48.6 Å². The van der Waals surface area contributed by atoms with Gasteiger partial charge in [-0.3, -0.25) is 9.48 Å². The maximum Gasteiger partial charge on any atom is 0.272 e. The van der Waals surface area contributed by atoms with Crippen LogP contribution in [0.5, 0.6) is 11.5 Å². The highest BCUT2D eigenvalue weighted by Crippen LogP contribution is 2.37. The Hall–Kier alpha value is -3.28. The molecule has 0 aliphatic heterocycles. The van der Waals surface area contributed by atoms with Crippen molar-refractivity contribution in [1.82, 2.24) is 14.7 Å². The average molecular weight is 405 g/mol. The molecule has 0 spiro atoms. The minimum atomic E-state index is -0.0328. The molecule has 1 aromatic heterocycles. The molecular weight excluding hydrogens is 378 g/mol. The third-order valence-corrected chi connectivity index (χ3v) is 5.85. The Labute approximate surface area is 177 Å². The average Bonchev–Trinajstić information content (AvgIpc) is 3.22. The summed E-state index contributed by atoms with van der Waals surface area (Å²) in [6, 6.07) is 15.9. The second-order valence-corrected chi connectivity index (χ2v) is 7.56. The molecule has 6 nitrogen and oxygen atoms in total. The Balaban J connectivity index is 1.76. The van der Waals surface area contributed by atoms with E-state index in [1.807, 2.05) is 23.1 Å². The van der Waals surface area contributed by atoms with Crippen LogP contribution in [0.2, 0.25) is 0 Å². The standard InChI is InChI=1S/C24H27N3O3/c1-26-22(13-14-25-26)24(28)27(16-18-11-12-19(29-2)15-23(18)30-3)21-10-6-8-17-7-4-5-9-20(17)21/h4-5,7,9,11-15,21H,6,8,10,16H2,1-3H3. The van der Waals surface area contributed by atoms with Gasteiger partial charge in [0.2, 0.25) is 0 Å². The first-order valence-electron chi connectivity index (χ1n) is 10.2. The lowest BCUT2D eigenvalue weighted by molar-refractivity contribution is 0.0625. The summed E-state index contributed by atoms with van der Waals surface area (Å²) in [5.41, 5.74) is 4.06. The van der Waals surface area contributed by atoms with Crippen LogP contribution in [0, 0.1) is 0 Å². The third kappa shape index (κ3) is 3.77. The van der Waals surface area contributed by atoms with Crippen LogP contribution in [0.4, 0.5) is 0 Å². The molecule has 0 bridgehead atoms. The molecule has 0 saturated heterocycles. The van der Waals surface area contributed by atoms with Crippen molar-refractivity contribution in [2.45, 2.75) is 31.8 Å². The van der Waals surface area contributed by atoms with Gasteiger partial charge in [0, 0.05) is 24.9 Å². The maximum atomic E-state index is 13.7.